The third kappa shape index (κ3) is 3.47. The van der Waals surface area contributed by atoms with Gasteiger partial charge in [-0.3, -0.25) is 10.1 Å². The molecule has 0 saturated heterocycles. The highest BCUT2D eigenvalue weighted by atomic mass is 35.5. The molecular weight excluding hydrogens is 473 g/mol. The van der Waals surface area contributed by atoms with Crippen LogP contribution in [-0.2, 0) is 0 Å². The Morgan fingerprint density at radius 2 is 1.79 bits per heavy atom. The lowest BCUT2D eigenvalue weighted by molar-refractivity contribution is -0.385. The van der Waals surface area contributed by atoms with Crippen molar-refractivity contribution in [2.45, 2.75) is 18.7 Å². The van der Waals surface area contributed by atoms with Crippen molar-refractivity contribution in [3.05, 3.63) is 116 Å². The fourth-order valence-corrected chi connectivity index (χ4v) is 5.22. The minimum atomic E-state index is -0.672. The zero-order valence-corrected chi connectivity index (χ0v) is 19.2. The maximum atomic E-state index is 11.4. The minimum Gasteiger partial charge on any atom is -0.463 e. The monoisotopic (exact) mass is 489 g/mol. The Balaban J connectivity index is 1.48. The van der Waals surface area contributed by atoms with Gasteiger partial charge in [0.05, 0.1) is 21.7 Å². The predicted molar refractivity (Wildman–Crippen MR) is 133 cm³/mol. The average molecular weight is 490 g/mol. The molecule has 0 fully saturated rings. The van der Waals surface area contributed by atoms with E-state index in [9.17, 15) is 10.1 Å². The second-order valence-corrected chi connectivity index (χ2v) is 9.18. The number of rotatable bonds is 3. The number of hydrogen-bond acceptors (Lipinski definition) is 5. The van der Waals surface area contributed by atoms with Gasteiger partial charge in [0.2, 0.25) is 6.23 Å². The first kappa shape index (κ1) is 21.0. The lowest BCUT2D eigenvalue weighted by Crippen LogP contribution is -2.33. The van der Waals surface area contributed by atoms with Crippen LogP contribution in [0.3, 0.4) is 0 Å². The topological polar surface area (TPSA) is 68.0 Å². The second kappa shape index (κ2) is 8.01. The molecule has 8 heteroatoms. The number of nitro groups is 1. The second-order valence-electron chi connectivity index (χ2n) is 8.34. The van der Waals surface area contributed by atoms with Crippen LogP contribution in [0.15, 0.2) is 84.0 Å². The Labute approximate surface area is 205 Å². The molecule has 0 spiro atoms. The van der Waals surface area contributed by atoms with Gasteiger partial charge in [0.25, 0.3) is 5.69 Å². The van der Waals surface area contributed by atoms with Crippen molar-refractivity contribution in [3.63, 3.8) is 0 Å². The van der Waals surface area contributed by atoms with E-state index in [2.05, 4.69) is 30.3 Å². The fourth-order valence-electron chi connectivity index (χ4n) is 4.67. The van der Waals surface area contributed by atoms with Crippen molar-refractivity contribution < 1.29 is 9.66 Å². The molecule has 0 radical (unpaired) electrons. The number of nitrogens with zero attached hydrogens (tertiary/aromatic N) is 3. The summed E-state index contributed by atoms with van der Waals surface area (Å²) in [6, 6.07) is 24.2. The number of hydrogen-bond donors (Lipinski definition) is 0. The average Bonchev–Trinajstić information content (AvgIpc) is 3.29. The van der Waals surface area contributed by atoms with E-state index in [1.165, 1.54) is 12.1 Å². The van der Waals surface area contributed by atoms with Crippen molar-refractivity contribution >= 4 is 45.4 Å². The summed E-state index contributed by atoms with van der Waals surface area (Å²) in [5.41, 5.74) is 3.38. The van der Waals surface area contributed by atoms with Gasteiger partial charge in [0.1, 0.15) is 5.75 Å². The van der Waals surface area contributed by atoms with Gasteiger partial charge in [-0.05, 0) is 34.5 Å². The maximum Gasteiger partial charge on any atom is 0.269 e. The first-order chi connectivity index (χ1) is 16.5. The summed E-state index contributed by atoms with van der Waals surface area (Å²) in [4.78, 5) is 11.0. The summed E-state index contributed by atoms with van der Waals surface area (Å²) < 4.78 is 6.31. The minimum absolute atomic E-state index is 0.0106. The van der Waals surface area contributed by atoms with E-state index < -0.39 is 11.2 Å². The van der Waals surface area contributed by atoms with E-state index in [1.54, 1.807) is 18.2 Å². The molecule has 6 rings (SSSR count). The smallest absolute Gasteiger partial charge is 0.269 e. The van der Waals surface area contributed by atoms with Crippen molar-refractivity contribution in [2.24, 2.45) is 5.10 Å². The number of nitro benzene ring substituents is 1. The number of benzene rings is 4. The van der Waals surface area contributed by atoms with E-state index in [4.69, 9.17) is 33.0 Å². The summed E-state index contributed by atoms with van der Waals surface area (Å²) in [5.74, 6) is 0.527. The largest absolute Gasteiger partial charge is 0.463 e. The summed E-state index contributed by atoms with van der Waals surface area (Å²) in [6.45, 7) is 0. The third-order valence-corrected chi connectivity index (χ3v) is 6.76. The van der Waals surface area contributed by atoms with Gasteiger partial charge < -0.3 is 4.74 Å². The lowest BCUT2D eigenvalue weighted by atomic mass is 9.95. The fraction of sp³-hybridized carbons (Fsp3) is 0.115. The molecular formula is C26H17Cl2N3O3. The molecule has 0 unspecified atom stereocenters. The van der Waals surface area contributed by atoms with E-state index >= 15 is 0 Å². The zero-order chi connectivity index (χ0) is 23.4. The zero-order valence-electron chi connectivity index (χ0n) is 17.7. The van der Waals surface area contributed by atoms with E-state index in [0.29, 0.717) is 27.8 Å². The Bertz CT molecular complexity index is 1500. The molecule has 168 valence electrons. The van der Waals surface area contributed by atoms with Crippen molar-refractivity contribution in [3.8, 4) is 5.75 Å². The molecule has 0 aromatic heterocycles. The van der Waals surface area contributed by atoms with Crippen LogP contribution in [0.2, 0.25) is 10.0 Å². The van der Waals surface area contributed by atoms with Gasteiger partial charge in [0, 0.05) is 34.7 Å². The number of halogens is 2. The third-order valence-electron chi connectivity index (χ3n) is 6.26. The Kier molecular flexibility index (Phi) is 4.94. The highest BCUT2D eigenvalue weighted by molar-refractivity contribution is 6.35. The van der Waals surface area contributed by atoms with Gasteiger partial charge in [-0.1, -0.05) is 71.7 Å². The highest BCUT2D eigenvalue weighted by Crippen LogP contribution is 2.51. The number of fused-ring (bicyclic) bond motifs is 4. The van der Waals surface area contributed by atoms with Crippen LogP contribution >= 0.6 is 23.2 Å². The van der Waals surface area contributed by atoms with Crippen LogP contribution in [0, 0.1) is 10.1 Å². The van der Waals surface area contributed by atoms with Crippen LogP contribution in [-0.4, -0.2) is 15.6 Å². The van der Waals surface area contributed by atoms with Crippen molar-refractivity contribution in [1.82, 2.24) is 5.01 Å². The number of non-ortho nitro benzene ring substituents is 1. The molecule has 0 saturated carbocycles. The Morgan fingerprint density at radius 3 is 2.62 bits per heavy atom. The van der Waals surface area contributed by atoms with Crippen molar-refractivity contribution in [2.75, 3.05) is 0 Å². The first-order valence-corrected chi connectivity index (χ1v) is 11.5. The quantitative estimate of drug-likeness (QED) is 0.223. The molecule has 4 aromatic rings. The molecule has 6 nitrogen and oxygen atoms in total. The van der Waals surface area contributed by atoms with Gasteiger partial charge in [-0.15, -0.1) is 0 Å². The normalized spacial score (nSPS) is 18.8. The van der Waals surface area contributed by atoms with E-state index in [-0.39, 0.29) is 11.7 Å². The summed E-state index contributed by atoms with van der Waals surface area (Å²) in [6.07, 6.45) is -0.0504. The van der Waals surface area contributed by atoms with Gasteiger partial charge in [-0.2, -0.15) is 5.10 Å². The summed E-state index contributed by atoms with van der Waals surface area (Å²) >= 11 is 12.8. The molecule has 4 aromatic carbocycles. The van der Waals surface area contributed by atoms with E-state index in [1.807, 2.05) is 23.2 Å². The highest BCUT2D eigenvalue weighted by Gasteiger charge is 2.42. The summed E-state index contributed by atoms with van der Waals surface area (Å²) in [5, 5.41) is 21.4. The van der Waals surface area contributed by atoms with Gasteiger partial charge in [-0.25, -0.2) is 5.01 Å². The lowest BCUT2D eigenvalue weighted by Gasteiger charge is -2.38. The molecule has 2 heterocycles. The summed E-state index contributed by atoms with van der Waals surface area (Å²) in [7, 11) is 0. The molecule has 34 heavy (non-hydrogen) atoms. The van der Waals surface area contributed by atoms with E-state index in [0.717, 1.165) is 27.6 Å². The van der Waals surface area contributed by atoms with Crippen LogP contribution in [0.1, 0.15) is 35.4 Å². The number of ether oxygens (including phenoxy) is 1. The van der Waals surface area contributed by atoms with Crippen LogP contribution in [0.25, 0.3) is 10.8 Å². The van der Waals surface area contributed by atoms with Crippen molar-refractivity contribution in [1.29, 1.82) is 0 Å². The molecule has 0 aliphatic carbocycles. The first-order valence-electron chi connectivity index (χ1n) is 10.7. The molecule has 2 atom stereocenters. The molecule has 2 aliphatic heterocycles. The Hall–Kier alpha value is -3.61. The molecule has 2 aliphatic rings. The van der Waals surface area contributed by atoms with Crippen LogP contribution < -0.4 is 4.74 Å². The molecule has 0 bridgehead atoms. The number of hydrazone groups is 1. The molecule has 0 N–H and O–H groups in total. The Morgan fingerprint density at radius 1 is 0.971 bits per heavy atom. The standard InChI is InChI=1S/C26H17Cl2N3O3/c27-19-12-21-24-14-23(17-9-8-15-4-1-2-5-16(15)10-17)29-30(24)26(34-25(21)22(28)13-19)18-6-3-7-20(11-18)31(32)33/h1-13,24,26H,14H2/t24-,26-/m0/s1. The predicted octanol–water partition coefficient (Wildman–Crippen LogP) is 7.30. The maximum absolute atomic E-state index is 11.4. The molecule has 0 amide bonds. The van der Waals surface area contributed by atoms with Gasteiger partial charge >= 0.3 is 0 Å². The van der Waals surface area contributed by atoms with Crippen LogP contribution in [0.5, 0.6) is 5.75 Å². The SMILES string of the molecule is O=[N+]([O-])c1cccc([C@@H]2Oc3c(Cl)cc(Cl)cc3[C@@H]3CC(c4ccc5ccccc5c4)=NN32)c1. The van der Waals surface area contributed by atoms with Gasteiger partial charge in [0.15, 0.2) is 0 Å². The van der Waals surface area contributed by atoms with Crippen LogP contribution in [0.4, 0.5) is 5.69 Å².